The summed E-state index contributed by atoms with van der Waals surface area (Å²) in [5.41, 5.74) is 1.40. The van der Waals surface area contributed by atoms with Gasteiger partial charge in [-0.3, -0.25) is 0 Å². The van der Waals surface area contributed by atoms with E-state index in [0.717, 1.165) is 48.6 Å². The smallest absolute Gasteiger partial charge is 0.271 e. The van der Waals surface area contributed by atoms with Crippen molar-refractivity contribution in [3.63, 3.8) is 0 Å². The third-order valence-corrected chi connectivity index (χ3v) is 7.88. The van der Waals surface area contributed by atoms with Crippen molar-refractivity contribution >= 4 is 0 Å². The van der Waals surface area contributed by atoms with Crippen LogP contribution in [0.3, 0.4) is 0 Å². The molecule has 6 rings (SSSR count). The van der Waals surface area contributed by atoms with Crippen LogP contribution in [0.25, 0.3) is 0 Å². The number of halogens is 1. The molecule has 1 saturated heterocycles. The lowest BCUT2D eigenvalue weighted by Crippen LogP contribution is -3.13. The van der Waals surface area contributed by atoms with Crippen LogP contribution in [-0.2, 0) is 12.0 Å². The molecule has 3 unspecified atom stereocenters. The Morgan fingerprint density at radius 2 is 1.65 bits per heavy atom. The Bertz CT molecular complexity index is 1340. The van der Waals surface area contributed by atoms with E-state index in [1.165, 1.54) is 17.0 Å². The fourth-order valence-corrected chi connectivity index (χ4v) is 5.75. The van der Waals surface area contributed by atoms with Crippen LogP contribution in [0.1, 0.15) is 49.6 Å². The molecule has 6 nitrogen and oxygen atoms in total. The number of likely N-dealkylation sites (tertiary alicyclic amines) is 1. The molecular weight excluding hydrogens is 469 g/mol. The topological polar surface area (TPSA) is 61.8 Å². The van der Waals surface area contributed by atoms with Crippen molar-refractivity contribution in [3.05, 3.63) is 102 Å². The highest BCUT2D eigenvalue weighted by Gasteiger charge is 2.44. The number of hydrogen-bond donors (Lipinski definition) is 1. The van der Waals surface area contributed by atoms with E-state index in [4.69, 9.17) is 13.9 Å². The Labute approximate surface area is 216 Å². The van der Waals surface area contributed by atoms with Crippen LogP contribution in [0.5, 0.6) is 17.2 Å². The van der Waals surface area contributed by atoms with Crippen molar-refractivity contribution in [3.8, 4) is 17.2 Å². The van der Waals surface area contributed by atoms with Gasteiger partial charge in [-0.15, -0.1) is 10.2 Å². The minimum absolute atomic E-state index is 0.0494. The van der Waals surface area contributed by atoms with Crippen LogP contribution in [0.4, 0.5) is 4.39 Å². The van der Waals surface area contributed by atoms with Gasteiger partial charge >= 0.3 is 0 Å². The molecule has 3 atom stereocenters. The number of para-hydroxylation sites is 2. The Kier molecular flexibility index (Phi) is 6.16. The first kappa shape index (κ1) is 23.7. The Balaban J connectivity index is 1.24. The molecule has 0 amide bonds. The molecule has 1 N–H and O–H groups in total. The van der Waals surface area contributed by atoms with E-state index in [0.29, 0.717) is 30.0 Å². The fraction of sp³-hybridized carbons (Fsp3) is 0.333. The van der Waals surface area contributed by atoms with Gasteiger partial charge in [-0.25, -0.2) is 4.39 Å². The summed E-state index contributed by atoms with van der Waals surface area (Å²) < 4.78 is 32.2. The highest BCUT2D eigenvalue weighted by molar-refractivity contribution is 5.60. The van der Waals surface area contributed by atoms with Gasteiger partial charge in [0.25, 0.3) is 5.89 Å². The molecule has 3 aromatic carbocycles. The predicted molar refractivity (Wildman–Crippen MR) is 136 cm³/mol. The van der Waals surface area contributed by atoms with E-state index in [2.05, 4.69) is 36.2 Å². The molecular formula is C30H31FN3O3+. The SMILES string of the molecule is CCC1CC[NH+](Cc2nnc(C3(C)c4ccccc4Oc4ccccc43)o2)CC1Oc1ccc(F)cc1. The van der Waals surface area contributed by atoms with Crippen LogP contribution in [-0.4, -0.2) is 29.4 Å². The van der Waals surface area contributed by atoms with E-state index in [1.807, 2.05) is 36.4 Å². The molecule has 0 bridgehead atoms. The van der Waals surface area contributed by atoms with Crippen molar-refractivity contribution in [2.24, 2.45) is 5.92 Å². The van der Waals surface area contributed by atoms with Crippen molar-refractivity contribution in [2.75, 3.05) is 13.1 Å². The lowest BCUT2D eigenvalue weighted by atomic mass is 9.74. The maximum atomic E-state index is 13.4. The maximum absolute atomic E-state index is 13.4. The van der Waals surface area contributed by atoms with E-state index in [9.17, 15) is 4.39 Å². The number of quaternary nitrogens is 1. The zero-order valence-electron chi connectivity index (χ0n) is 21.1. The maximum Gasteiger partial charge on any atom is 0.271 e. The van der Waals surface area contributed by atoms with Gasteiger partial charge in [0.1, 0.15) is 35.0 Å². The Hall–Kier alpha value is -3.71. The summed E-state index contributed by atoms with van der Waals surface area (Å²) in [7, 11) is 0. The standard InChI is InChI=1S/C30H30FN3O3/c1-3-20-16-17-34(18-27(20)35-22-14-12-21(31)13-15-22)19-28-32-33-29(37-28)30(2)23-8-4-6-10-25(23)36-26-11-7-5-9-24(26)30/h4-15,20,27H,3,16-19H2,1-2H3/p+1. The third kappa shape index (κ3) is 4.37. The number of aromatic nitrogens is 2. The van der Waals surface area contributed by atoms with E-state index < -0.39 is 5.41 Å². The molecule has 190 valence electrons. The summed E-state index contributed by atoms with van der Waals surface area (Å²) in [5, 5.41) is 9.02. The highest BCUT2D eigenvalue weighted by Crippen LogP contribution is 2.50. The van der Waals surface area contributed by atoms with Gasteiger partial charge in [0.15, 0.2) is 12.6 Å². The lowest BCUT2D eigenvalue weighted by molar-refractivity contribution is -0.924. The summed E-state index contributed by atoms with van der Waals surface area (Å²) in [6.45, 7) is 6.78. The third-order valence-electron chi connectivity index (χ3n) is 7.88. The number of hydrogen-bond acceptors (Lipinski definition) is 5. The van der Waals surface area contributed by atoms with Gasteiger partial charge < -0.3 is 18.8 Å². The van der Waals surface area contributed by atoms with Crippen molar-refractivity contribution in [1.29, 1.82) is 0 Å². The first-order valence-corrected chi connectivity index (χ1v) is 13.0. The van der Waals surface area contributed by atoms with E-state index in [-0.39, 0.29) is 11.9 Å². The van der Waals surface area contributed by atoms with Gasteiger partial charge in [0, 0.05) is 23.5 Å². The Morgan fingerprint density at radius 3 is 2.32 bits per heavy atom. The second-order valence-corrected chi connectivity index (χ2v) is 10.2. The summed E-state index contributed by atoms with van der Waals surface area (Å²) in [4.78, 5) is 1.34. The zero-order chi connectivity index (χ0) is 25.4. The molecule has 4 aromatic rings. The highest BCUT2D eigenvalue weighted by atomic mass is 19.1. The average Bonchev–Trinajstić information content (AvgIpc) is 3.39. The van der Waals surface area contributed by atoms with Crippen molar-refractivity contribution in [1.82, 2.24) is 10.2 Å². The van der Waals surface area contributed by atoms with Crippen LogP contribution < -0.4 is 14.4 Å². The first-order valence-electron chi connectivity index (χ1n) is 13.0. The minimum Gasteiger partial charge on any atom is -0.484 e. The summed E-state index contributed by atoms with van der Waals surface area (Å²) in [6.07, 6.45) is 2.14. The zero-order valence-corrected chi connectivity index (χ0v) is 21.1. The quantitative estimate of drug-likeness (QED) is 0.407. The average molecular weight is 501 g/mol. The van der Waals surface area contributed by atoms with E-state index in [1.54, 1.807) is 12.1 Å². The van der Waals surface area contributed by atoms with Crippen LogP contribution in [0.2, 0.25) is 0 Å². The summed E-state index contributed by atoms with van der Waals surface area (Å²) in [6, 6.07) is 22.3. The monoisotopic (exact) mass is 500 g/mol. The van der Waals surface area contributed by atoms with Crippen LogP contribution >= 0.6 is 0 Å². The summed E-state index contributed by atoms with van der Waals surface area (Å²) >= 11 is 0. The second kappa shape index (κ2) is 9.63. The normalized spacial score (nSPS) is 22.0. The Morgan fingerprint density at radius 1 is 0.973 bits per heavy atom. The number of benzene rings is 3. The summed E-state index contributed by atoms with van der Waals surface area (Å²) in [5.74, 6) is 3.69. The molecule has 7 heteroatoms. The molecule has 0 aliphatic carbocycles. The first-order chi connectivity index (χ1) is 18.0. The molecule has 1 aromatic heterocycles. The predicted octanol–water partition coefficient (Wildman–Crippen LogP) is 4.93. The molecule has 2 aliphatic rings. The van der Waals surface area contributed by atoms with Crippen molar-refractivity contribution < 1.29 is 23.2 Å². The minimum atomic E-state index is -0.616. The van der Waals surface area contributed by atoms with Gasteiger partial charge in [-0.1, -0.05) is 43.3 Å². The molecule has 2 aliphatic heterocycles. The number of rotatable bonds is 6. The number of piperidine rings is 1. The molecule has 0 spiro atoms. The van der Waals surface area contributed by atoms with Gasteiger partial charge in [0.2, 0.25) is 5.89 Å². The molecule has 3 heterocycles. The largest absolute Gasteiger partial charge is 0.484 e. The molecule has 1 fully saturated rings. The molecule has 37 heavy (non-hydrogen) atoms. The van der Waals surface area contributed by atoms with E-state index >= 15 is 0 Å². The number of fused-ring (bicyclic) bond motifs is 2. The lowest BCUT2D eigenvalue weighted by Gasteiger charge is -2.35. The number of nitrogens with zero attached hydrogens (tertiary/aromatic N) is 2. The van der Waals surface area contributed by atoms with Gasteiger partial charge in [-0.05, 0) is 49.7 Å². The molecule has 0 saturated carbocycles. The molecule has 0 radical (unpaired) electrons. The fourth-order valence-electron chi connectivity index (χ4n) is 5.75. The van der Waals surface area contributed by atoms with Crippen LogP contribution in [0, 0.1) is 11.7 Å². The second-order valence-electron chi connectivity index (χ2n) is 10.2. The van der Waals surface area contributed by atoms with Gasteiger partial charge in [0.05, 0.1) is 6.54 Å². The number of nitrogens with one attached hydrogen (secondary N) is 1. The van der Waals surface area contributed by atoms with Crippen molar-refractivity contribution in [2.45, 2.75) is 44.8 Å². The number of ether oxygens (including phenoxy) is 2. The van der Waals surface area contributed by atoms with Crippen LogP contribution in [0.15, 0.2) is 77.2 Å². The van der Waals surface area contributed by atoms with Gasteiger partial charge in [-0.2, -0.15) is 0 Å².